The fourth-order valence-corrected chi connectivity index (χ4v) is 3.75. The molecule has 2 aromatic heterocycles. The van der Waals surface area contributed by atoms with Crippen molar-refractivity contribution in [2.24, 2.45) is 0 Å². The number of carbonyl (C=O) groups excluding carboxylic acids is 1. The minimum atomic E-state index is -0.0942. The molecule has 1 fully saturated rings. The standard InChI is InChI=1S/C20H23N5O2/c1-14-22-17-7-5-11-21-19(17)25(14)15-9-12-24(13-10-15)20(26)23-16-6-3-4-8-18(16)27-2/h3-8,11,15H,9-10,12-13H2,1-2H3,(H,23,26). The Morgan fingerprint density at radius 1 is 1.19 bits per heavy atom. The largest absolute Gasteiger partial charge is 0.495 e. The summed E-state index contributed by atoms with van der Waals surface area (Å²) in [5.41, 5.74) is 2.53. The van der Waals surface area contributed by atoms with Crippen molar-refractivity contribution in [2.45, 2.75) is 25.8 Å². The molecule has 0 atom stereocenters. The van der Waals surface area contributed by atoms with E-state index in [-0.39, 0.29) is 6.03 Å². The number of nitrogens with zero attached hydrogens (tertiary/aromatic N) is 4. The van der Waals surface area contributed by atoms with Crippen LogP contribution in [0, 0.1) is 6.92 Å². The first-order valence-corrected chi connectivity index (χ1v) is 9.16. The lowest BCUT2D eigenvalue weighted by atomic mass is 10.0. The first-order valence-electron chi connectivity index (χ1n) is 9.16. The monoisotopic (exact) mass is 365 g/mol. The van der Waals surface area contributed by atoms with Gasteiger partial charge in [0.15, 0.2) is 5.65 Å². The third kappa shape index (κ3) is 3.32. The molecule has 0 unspecified atom stereocenters. The second-order valence-corrected chi connectivity index (χ2v) is 6.72. The van der Waals surface area contributed by atoms with Crippen molar-refractivity contribution in [1.82, 2.24) is 19.4 Å². The molecule has 0 bridgehead atoms. The molecular formula is C20H23N5O2. The number of methoxy groups -OCH3 is 1. The number of carbonyl (C=O) groups is 1. The van der Waals surface area contributed by atoms with E-state index in [0.717, 1.165) is 29.8 Å². The van der Waals surface area contributed by atoms with E-state index >= 15 is 0 Å². The lowest BCUT2D eigenvalue weighted by Gasteiger charge is -2.33. The Morgan fingerprint density at radius 3 is 2.74 bits per heavy atom. The van der Waals surface area contributed by atoms with Gasteiger partial charge in [-0.2, -0.15) is 0 Å². The van der Waals surface area contributed by atoms with Gasteiger partial charge in [0, 0.05) is 25.3 Å². The number of pyridine rings is 1. The molecule has 3 heterocycles. The van der Waals surface area contributed by atoms with E-state index in [1.54, 1.807) is 13.3 Å². The van der Waals surface area contributed by atoms with Crippen LogP contribution in [0.1, 0.15) is 24.7 Å². The number of likely N-dealkylation sites (tertiary alicyclic amines) is 1. The van der Waals surface area contributed by atoms with Crippen LogP contribution in [-0.4, -0.2) is 45.7 Å². The molecule has 1 aliphatic heterocycles. The number of hydrogen-bond donors (Lipinski definition) is 1. The Labute approximate surface area is 158 Å². The molecule has 1 aliphatic rings. The smallest absolute Gasteiger partial charge is 0.321 e. The van der Waals surface area contributed by atoms with Crippen LogP contribution in [-0.2, 0) is 0 Å². The highest BCUT2D eigenvalue weighted by Gasteiger charge is 2.26. The zero-order valence-electron chi connectivity index (χ0n) is 15.6. The molecule has 0 spiro atoms. The number of hydrogen-bond acceptors (Lipinski definition) is 4. The van der Waals surface area contributed by atoms with Gasteiger partial charge < -0.3 is 19.5 Å². The van der Waals surface area contributed by atoms with Gasteiger partial charge in [-0.1, -0.05) is 12.1 Å². The third-order valence-corrected chi connectivity index (χ3v) is 5.09. The van der Waals surface area contributed by atoms with E-state index < -0.39 is 0 Å². The molecule has 0 saturated carbocycles. The summed E-state index contributed by atoms with van der Waals surface area (Å²) in [7, 11) is 1.60. The predicted molar refractivity (Wildman–Crippen MR) is 104 cm³/mol. The molecule has 4 rings (SSSR count). The number of urea groups is 1. The van der Waals surface area contributed by atoms with Crippen LogP contribution in [0.3, 0.4) is 0 Å². The Hall–Kier alpha value is -3.09. The van der Waals surface area contributed by atoms with E-state index in [4.69, 9.17) is 4.74 Å². The van der Waals surface area contributed by atoms with Gasteiger partial charge in [-0.3, -0.25) is 0 Å². The molecule has 2 amide bonds. The molecule has 140 valence electrons. The number of fused-ring (bicyclic) bond motifs is 1. The Bertz CT molecular complexity index is 960. The number of anilines is 1. The number of nitrogens with one attached hydrogen (secondary N) is 1. The van der Waals surface area contributed by atoms with Gasteiger partial charge >= 0.3 is 6.03 Å². The summed E-state index contributed by atoms with van der Waals surface area (Å²) >= 11 is 0. The lowest BCUT2D eigenvalue weighted by molar-refractivity contribution is 0.184. The van der Waals surface area contributed by atoms with E-state index in [9.17, 15) is 4.79 Å². The van der Waals surface area contributed by atoms with Crippen molar-refractivity contribution in [3.8, 4) is 5.75 Å². The Kier molecular flexibility index (Phi) is 4.66. The van der Waals surface area contributed by atoms with Crippen molar-refractivity contribution < 1.29 is 9.53 Å². The zero-order valence-corrected chi connectivity index (χ0v) is 15.6. The summed E-state index contributed by atoms with van der Waals surface area (Å²) in [5.74, 6) is 1.63. The van der Waals surface area contributed by atoms with E-state index in [2.05, 4.69) is 19.9 Å². The topological polar surface area (TPSA) is 72.3 Å². The second-order valence-electron chi connectivity index (χ2n) is 6.72. The maximum absolute atomic E-state index is 12.6. The van der Waals surface area contributed by atoms with Crippen molar-refractivity contribution >= 4 is 22.9 Å². The fraction of sp³-hybridized carbons (Fsp3) is 0.350. The minimum Gasteiger partial charge on any atom is -0.495 e. The number of benzene rings is 1. The van der Waals surface area contributed by atoms with Crippen LogP contribution in [0.4, 0.5) is 10.5 Å². The molecule has 7 nitrogen and oxygen atoms in total. The van der Waals surface area contributed by atoms with Gasteiger partial charge in [0.2, 0.25) is 0 Å². The number of amides is 2. The molecular weight excluding hydrogens is 342 g/mol. The number of piperidine rings is 1. The first kappa shape index (κ1) is 17.3. The van der Waals surface area contributed by atoms with Gasteiger partial charge in [-0.25, -0.2) is 14.8 Å². The lowest BCUT2D eigenvalue weighted by Crippen LogP contribution is -2.41. The van der Waals surface area contributed by atoms with Crippen LogP contribution in [0.15, 0.2) is 42.6 Å². The highest BCUT2D eigenvalue weighted by molar-refractivity contribution is 5.91. The molecule has 0 radical (unpaired) electrons. The summed E-state index contributed by atoms with van der Waals surface area (Å²) in [4.78, 5) is 23.6. The van der Waals surface area contributed by atoms with E-state index in [0.29, 0.717) is 30.6 Å². The molecule has 0 aliphatic carbocycles. The number of aryl methyl sites for hydroxylation is 1. The zero-order chi connectivity index (χ0) is 18.8. The second kappa shape index (κ2) is 7.26. The number of para-hydroxylation sites is 2. The van der Waals surface area contributed by atoms with Crippen molar-refractivity contribution in [3.05, 3.63) is 48.4 Å². The summed E-state index contributed by atoms with van der Waals surface area (Å²) in [6, 6.07) is 11.5. The third-order valence-electron chi connectivity index (χ3n) is 5.09. The van der Waals surface area contributed by atoms with Crippen LogP contribution in [0.2, 0.25) is 0 Å². The van der Waals surface area contributed by atoms with Gasteiger partial charge in [-0.05, 0) is 44.0 Å². The van der Waals surface area contributed by atoms with Crippen molar-refractivity contribution in [2.75, 3.05) is 25.5 Å². The number of ether oxygens (including phenoxy) is 1. The van der Waals surface area contributed by atoms with Crippen LogP contribution in [0.25, 0.3) is 11.2 Å². The average molecular weight is 365 g/mol. The molecule has 1 N–H and O–H groups in total. The summed E-state index contributed by atoms with van der Waals surface area (Å²) < 4.78 is 7.52. The van der Waals surface area contributed by atoms with Crippen molar-refractivity contribution in [3.63, 3.8) is 0 Å². The maximum Gasteiger partial charge on any atom is 0.321 e. The maximum atomic E-state index is 12.6. The number of aromatic nitrogens is 3. The molecule has 27 heavy (non-hydrogen) atoms. The van der Waals surface area contributed by atoms with E-state index in [1.165, 1.54) is 0 Å². The fourth-order valence-electron chi connectivity index (χ4n) is 3.75. The first-order chi connectivity index (χ1) is 13.2. The Morgan fingerprint density at radius 2 is 1.96 bits per heavy atom. The average Bonchev–Trinajstić information content (AvgIpc) is 3.04. The summed E-state index contributed by atoms with van der Waals surface area (Å²) in [6.07, 6.45) is 3.56. The van der Waals surface area contributed by atoms with Crippen LogP contribution in [0.5, 0.6) is 5.75 Å². The SMILES string of the molecule is COc1ccccc1NC(=O)N1CCC(n2c(C)nc3cccnc32)CC1. The highest BCUT2D eigenvalue weighted by atomic mass is 16.5. The summed E-state index contributed by atoms with van der Waals surface area (Å²) in [6.45, 7) is 3.40. The molecule has 1 saturated heterocycles. The van der Waals surface area contributed by atoms with E-state index in [1.807, 2.05) is 48.2 Å². The highest BCUT2D eigenvalue weighted by Crippen LogP contribution is 2.29. The minimum absolute atomic E-state index is 0.0942. The van der Waals surface area contributed by atoms with Crippen LogP contribution >= 0.6 is 0 Å². The van der Waals surface area contributed by atoms with Crippen LogP contribution < -0.4 is 10.1 Å². The number of imidazole rings is 1. The quantitative estimate of drug-likeness (QED) is 0.769. The molecule has 1 aromatic carbocycles. The molecule has 7 heteroatoms. The van der Waals surface area contributed by atoms with Gasteiger partial charge in [-0.15, -0.1) is 0 Å². The van der Waals surface area contributed by atoms with Crippen molar-refractivity contribution in [1.29, 1.82) is 0 Å². The van der Waals surface area contributed by atoms with Gasteiger partial charge in [0.1, 0.15) is 17.1 Å². The molecule has 3 aromatic rings. The van der Waals surface area contributed by atoms with Gasteiger partial charge in [0.25, 0.3) is 0 Å². The predicted octanol–water partition coefficient (Wildman–Crippen LogP) is 3.62. The summed E-state index contributed by atoms with van der Waals surface area (Å²) in [5, 5.41) is 2.95. The normalized spacial score (nSPS) is 15.1. The van der Waals surface area contributed by atoms with Gasteiger partial charge in [0.05, 0.1) is 12.8 Å². The Balaban J connectivity index is 1.44. The number of rotatable bonds is 3.